The van der Waals surface area contributed by atoms with Gasteiger partial charge in [-0.05, 0) is 37.1 Å². The van der Waals surface area contributed by atoms with E-state index < -0.39 is 6.03 Å². The van der Waals surface area contributed by atoms with Crippen LogP contribution >= 0.6 is 11.6 Å². The lowest BCUT2D eigenvalue weighted by molar-refractivity contribution is 0.253. The van der Waals surface area contributed by atoms with Crippen LogP contribution in [0.5, 0.6) is 0 Å². The molecule has 1 heterocycles. The topological polar surface area (TPSA) is 82.8 Å². The average Bonchev–Trinajstić information content (AvgIpc) is 2.65. The van der Waals surface area contributed by atoms with Gasteiger partial charge >= 0.3 is 6.03 Å². The largest absolute Gasteiger partial charge is 0.355 e. The first-order valence-electron chi connectivity index (χ1n) is 6.07. The van der Waals surface area contributed by atoms with E-state index in [1.165, 1.54) is 5.01 Å². The van der Waals surface area contributed by atoms with Gasteiger partial charge in [0.1, 0.15) is 0 Å². The summed E-state index contributed by atoms with van der Waals surface area (Å²) in [6.45, 7) is 1.54. The fourth-order valence-corrected chi connectivity index (χ4v) is 1.83. The number of carbonyl (C=O) groups excluding carboxylic acids is 1. The summed E-state index contributed by atoms with van der Waals surface area (Å²) in [5.74, 6) is 0.547. The zero-order valence-electron chi connectivity index (χ0n) is 10.4. The van der Waals surface area contributed by atoms with Gasteiger partial charge in [-0.1, -0.05) is 11.6 Å². The molecule has 2 rings (SSSR count). The highest BCUT2D eigenvalue weighted by Gasteiger charge is 2.15. The minimum absolute atomic E-state index is 0.547. The van der Waals surface area contributed by atoms with Gasteiger partial charge in [0.2, 0.25) is 5.96 Å². The van der Waals surface area contributed by atoms with E-state index in [0.29, 0.717) is 16.7 Å². The number of hydrogen-bond donors (Lipinski definition) is 3. The van der Waals surface area contributed by atoms with E-state index in [9.17, 15) is 4.79 Å². The summed E-state index contributed by atoms with van der Waals surface area (Å²) >= 11 is 5.82. The molecule has 102 valence electrons. The van der Waals surface area contributed by atoms with Gasteiger partial charge in [-0.3, -0.25) is 10.4 Å². The molecule has 1 aromatic rings. The Labute approximate surface area is 116 Å². The zero-order valence-corrected chi connectivity index (χ0v) is 11.2. The first-order valence-corrected chi connectivity index (χ1v) is 6.45. The van der Waals surface area contributed by atoms with E-state index in [4.69, 9.17) is 17.3 Å². The van der Waals surface area contributed by atoms with E-state index in [1.54, 1.807) is 24.3 Å². The van der Waals surface area contributed by atoms with Crippen LogP contribution in [0, 0.1) is 0 Å². The first-order chi connectivity index (χ1) is 9.16. The number of nitrogens with one attached hydrogen (secondary N) is 2. The predicted octanol–water partition coefficient (Wildman–Crippen LogP) is 1.47. The van der Waals surface area contributed by atoms with Gasteiger partial charge in [0.15, 0.2) is 0 Å². The molecule has 0 saturated carbocycles. The molecular formula is C12H16ClN5O. The molecule has 0 fully saturated rings. The molecule has 1 aliphatic rings. The highest BCUT2D eigenvalue weighted by molar-refractivity contribution is 6.30. The summed E-state index contributed by atoms with van der Waals surface area (Å²) in [5.41, 5.74) is 8.86. The van der Waals surface area contributed by atoms with Crippen LogP contribution in [0.1, 0.15) is 12.8 Å². The van der Waals surface area contributed by atoms with Crippen LogP contribution in [0.3, 0.4) is 0 Å². The molecule has 1 aliphatic heterocycles. The lowest BCUT2D eigenvalue weighted by atomic mass is 10.3. The van der Waals surface area contributed by atoms with E-state index in [1.807, 2.05) is 0 Å². The fraction of sp³-hybridized carbons (Fsp3) is 0.333. The van der Waals surface area contributed by atoms with Crippen molar-refractivity contribution in [2.45, 2.75) is 12.8 Å². The maximum atomic E-state index is 11.5. The third-order valence-corrected chi connectivity index (χ3v) is 2.92. The molecule has 0 spiro atoms. The Balaban J connectivity index is 2.14. The number of carbonyl (C=O) groups is 1. The summed E-state index contributed by atoms with van der Waals surface area (Å²) in [7, 11) is 0. The van der Waals surface area contributed by atoms with Crippen molar-refractivity contribution in [1.82, 2.24) is 10.7 Å². The minimum Gasteiger partial charge on any atom is -0.355 e. The normalized spacial score (nSPS) is 14.9. The lowest BCUT2D eigenvalue weighted by Crippen LogP contribution is -2.53. The average molecular weight is 282 g/mol. The number of hydrogen-bond acceptors (Lipinski definition) is 4. The fourth-order valence-electron chi connectivity index (χ4n) is 1.71. The van der Waals surface area contributed by atoms with Crippen LogP contribution in [0.4, 0.5) is 10.5 Å². The first kappa shape index (κ1) is 13.5. The number of urea groups is 1. The second-order valence-electron chi connectivity index (χ2n) is 4.13. The summed E-state index contributed by atoms with van der Waals surface area (Å²) in [5, 5.41) is 4.94. The van der Waals surface area contributed by atoms with Gasteiger partial charge < -0.3 is 11.1 Å². The molecule has 19 heavy (non-hydrogen) atoms. The number of halogens is 1. The van der Waals surface area contributed by atoms with Crippen molar-refractivity contribution in [2.24, 2.45) is 10.7 Å². The smallest absolute Gasteiger partial charge is 0.338 e. The molecular weight excluding hydrogens is 266 g/mol. The zero-order chi connectivity index (χ0) is 13.7. The van der Waals surface area contributed by atoms with Gasteiger partial charge in [0.05, 0.1) is 5.69 Å². The molecule has 1 aromatic carbocycles. The number of aliphatic imine (C=N–C) groups is 1. The number of rotatable bonds is 1. The quantitative estimate of drug-likeness (QED) is 0.682. The third-order valence-electron chi connectivity index (χ3n) is 2.67. The molecule has 0 saturated heterocycles. The van der Waals surface area contributed by atoms with Crippen molar-refractivity contribution in [3.8, 4) is 0 Å². The predicted molar refractivity (Wildman–Crippen MR) is 76.2 cm³/mol. The molecule has 2 amide bonds. The number of primary amides is 1. The van der Waals surface area contributed by atoms with Gasteiger partial charge in [0.25, 0.3) is 0 Å². The van der Waals surface area contributed by atoms with E-state index in [2.05, 4.69) is 15.7 Å². The van der Waals surface area contributed by atoms with Crippen LogP contribution in [0.15, 0.2) is 29.3 Å². The molecule has 0 aliphatic carbocycles. The Kier molecular flexibility index (Phi) is 4.46. The van der Waals surface area contributed by atoms with Gasteiger partial charge in [0, 0.05) is 18.1 Å². The van der Waals surface area contributed by atoms with Crippen LogP contribution in [-0.2, 0) is 0 Å². The van der Waals surface area contributed by atoms with Crippen LogP contribution in [0.2, 0.25) is 5.02 Å². The number of anilines is 1. The molecule has 6 nitrogen and oxygen atoms in total. The Morgan fingerprint density at radius 2 is 2.11 bits per heavy atom. The Morgan fingerprint density at radius 3 is 2.79 bits per heavy atom. The molecule has 0 radical (unpaired) electrons. The number of nitrogens with two attached hydrogens (primary N) is 1. The number of guanidine groups is 1. The highest BCUT2D eigenvalue weighted by atomic mass is 35.5. The Hall–Kier alpha value is -1.95. The maximum absolute atomic E-state index is 11.5. The highest BCUT2D eigenvalue weighted by Crippen LogP contribution is 2.16. The molecule has 7 heteroatoms. The van der Waals surface area contributed by atoms with Crippen molar-refractivity contribution in [1.29, 1.82) is 0 Å². The molecule has 0 atom stereocenters. The van der Waals surface area contributed by atoms with E-state index in [0.717, 1.165) is 25.9 Å². The Morgan fingerprint density at radius 1 is 1.37 bits per heavy atom. The number of nitrogens with zero attached hydrogens (tertiary/aromatic N) is 2. The second kappa shape index (κ2) is 6.29. The number of amides is 2. The van der Waals surface area contributed by atoms with Crippen molar-refractivity contribution in [3.05, 3.63) is 29.3 Å². The van der Waals surface area contributed by atoms with Crippen LogP contribution in [0.25, 0.3) is 0 Å². The monoisotopic (exact) mass is 281 g/mol. The van der Waals surface area contributed by atoms with Crippen molar-refractivity contribution >= 4 is 29.3 Å². The van der Waals surface area contributed by atoms with Gasteiger partial charge in [-0.15, -0.1) is 0 Å². The van der Waals surface area contributed by atoms with Crippen molar-refractivity contribution in [3.63, 3.8) is 0 Å². The lowest BCUT2D eigenvalue weighted by Gasteiger charge is -2.23. The Bertz CT molecular complexity index is 474. The van der Waals surface area contributed by atoms with Crippen molar-refractivity contribution in [2.75, 3.05) is 18.1 Å². The summed E-state index contributed by atoms with van der Waals surface area (Å²) in [6.07, 6.45) is 2.07. The van der Waals surface area contributed by atoms with E-state index >= 15 is 0 Å². The van der Waals surface area contributed by atoms with Crippen LogP contribution in [-0.4, -0.2) is 25.1 Å². The second-order valence-corrected chi connectivity index (χ2v) is 4.56. The maximum Gasteiger partial charge on any atom is 0.338 e. The molecule has 4 N–H and O–H groups in total. The molecule has 0 bridgehead atoms. The summed E-state index contributed by atoms with van der Waals surface area (Å²) in [6, 6.07) is 6.18. The van der Waals surface area contributed by atoms with Crippen LogP contribution < -0.4 is 21.5 Å². The standard InChI is InChI=1S/C12H16ClN5O/c13-9-3-5-10(6-4-9)18(11(14)19)17-12-15-7-1-2-8-16-12/h3-6H,1-2,7-8H2,(H2,14,19)(H2,15,16,17). The SMILES string of the molecule is NC(=O)N(NC1=NCCCCN1)c1ccc(Cl)cc1. The number of hydrazine groups is 1. The summed E-state index contributed by atoms with van der Waals surface area (Å²) in [4.78, 5) is 15.8. The molecule has 0 unspecified atom stereocenters. The minimum atomic E-state index is -0.615. The van der Waals surface area contributed by atoms with Gasteiger partial charge in [-0.2, -0.15) is 0 Å². The number of benzene rings is 1. The molecule has 0 aromatic heterocycles. The van der Waals surface area contributed by atoms with E-state index in [-0.39, 0.29) is 0 Å². The van der Waals surface area contributed by atoms with Gasteiger partial charge in [-0.25, -0.2) is 9.80 Å². The third kappa shape index (κ3) is 3.75. The summed E-state index contributed by atoms with van der Waals surface area (Å²) < 4.78 is 0. The van der Waals surface area contributed by atoms with Crippen molar-refractivity contribution < 1.29 is 4.79 Å².